The van der Waals surface area contributed by atoms with E-state index in [1.807, 2.05) is 0 Å². The molecule has 0 unspecified atom stereocenters. The Kier molecular flexibility index (Phi) is 8.36. The van der Waals surface area contributed by atoms with Gasteiger partial charge in [0.1, 0.15) is 0 Å². The molecule has 6 heteroatoms. The van der Waals surface area contributed by atoms with Crippen LogP contribution in [0.3, 0.4) is 0 Å². The molecule has 1 amide bonds. The van der Waals surface area contributed by atoms with Gasteiger partial charge in [0.05, 0.1) is 6.54 Å². The predicted octanol–water partition coefficient (Wildman–Crippen LogP) is -1.82. The zero-order chi connectivity index (χ0) is 6.57. The topological polar surface area (TPSA) is 89.8 Å². The molecule has 49 valence electrons. The molecule has 0 atom stereocenters. The Hall–Kier alpha value is 0.190. The van der Waals surface area contributed by atoms with E-state index in [9.17, 15) is 4.79 Å². The monoisotopic (exact) mass is 144 g/mol. The third-order valence-corrected chi connectivity index (χ3v) is 0.436. The first kappa shape index (κ1) is 11.9. The summed E-state index contributed by atoms with van der Waals surface area (Å²) in [6, 6.07) is 0. The third-order valence-electron chi connectivity index (χ3n) is 0.436. The van der Waals surface area contributed by atoms with Gasteiger partial charge >= 0.3 is 6.09 Å². The fourth-order valence-electron chi connectivity index (χ4n) is 0.179. The zero-order valence-corrected chi connectivity index (χ0v) is 7.03. The fraction of sp³-hybridized carbons (Fsp3) is 0.667. The standard InChI is InChI=1S/C3H7NO4.Na/c5-2(6)1-4-3(7)8;/h2,4-6H,1H2,(H,7,8);. The second kappa shape index (κ2) is 6.31. The van der Waals surface area contributed by atoms with Crippen LogP contribution < -0.4 is 5.32 Å². The Morgan fingerprint density at radius 1 is 1.56 bits per heavy atom. The largest absolute Gasteiger partial charge is 0.465 e. The number of aliphatic hydroxyl groups is 2. The summed E-state index contributed by atoms with van der Waals surface area (Å²) in [7, 11) is 0. The number of hydrogen-bond acceptors (Lipinski definition) is 3. The van der Waals surface area contributed by atoms with Gasteiger partial charge in [-0.25, -0.2) is 4.79 Å². The van der Waals surface area contributed by atoms with Crippen LogP contribution in [0, 0.1) is 0 Å². The van der Waals surface area contributed by atoms with E-state index >= 15 is 0 Å². The molecule has 0 aliphatic rings. The quantitative estimate of drug-likeness (QED) is 0.271. The number of carboxylic acid groups (broad SMARTS) is 1. The first-order valence-corrected chi connectivity index (χ1v) is 1.96. The molecule has 0 heterocycles. The molecule has 4 N–H and O–H groups in total. The molecule has 0 aliphatic carbocycles. The predicted molar refractivity (Wildman–Crippen MR) is 30.0 cm³/mol. The van der Waals surface area contributed by atoms with Gasteiger partial charge in [-0.3, -0.25) is 0 Å². The molecular formula is C3H7NNaO4. The van der Waals surface area contributed by atoms with Crippen molar-refractivity contribution >= 4 is 35.7 Å². The molecule has 1 radical (unpaired) electrons. The molecule has 9 heavy (non-hydrogen) atoms. The normalized spacial score (nSPS) is 8.33. The van der Waals surface area contributed by atoms with Crippen LogP contribution in [-0.4, -0.2) is 63.8 Å². The molecule has 5 nitrogen and oxygen atoms in total. The summed E-state index contributed by atoms with van der Waals surface area (Å²) in [5.74, 6) is 0. The summed E-state index contributed by atoms with van der Waals surface area (Å²) in [5.41, 5.74) is 0. The Bertz CT molecular complexity index is 85.9. The molecule has 0 fully saturated rings. The van der Waals surface area contributed by atoms with Crippen LogP contribution >= 0.6 is 0 Å². The van der Waals surface area contributed by atoms with Crippen molar-refractivity contribution in [3.05, 3.63) is 0 Å². The van der Waals surface area contributed by atoms with Crippen LogP contribution in [0.1, 0.15) is 0 Å². The average molecular weight is 144 g/mol. The Balaban J connectivity index is 0. The van der Waals surface area contributed by atoms with Crippen LogP contribution in [0.4, 0.5) is 4.79 Å². The van der Waals surface area contributed by atoms with Gasteiger partial charge < -0.3 is 20.6 Å². The van der Waals surface area contributed by atoms with Crippen LogP contribution in [0.2, 0.25) is 0 Å². The molecule has 0 saturated carbocycles. The van der Waals surface area contributed by atoms with Crippen molar-refractivity contribution in [1.29, 1.82) is 0 Å². The van der Waals surface area contributed by atoms with Crippen molar-refractivity contribution in [3.63, 3.8) is 0 Å². The molecule has 0 aromatic heterocycles. The Morgan fingerprint density at radius 2 is 2.00 bits per heavy atom. The molecule has 0 rings (SSSR count). The molecule has 0 saturated heterocycles. The van der Waals surface area contributed by atoms with E-state index in [4.69, 9.17) is 15.3 Å². The number of nitrogens with one attached hydrogen (secondary N) is 1. The second-order valence-electron chi connectivity index (χ2n) is 1.17. The molecule has 0 aromatic carbocycles. The summed E-state index contributed by atoms with van der Waals surface area (Å²) in [6.07, 6.45) is -2.87. The van der Waals surface area contributed by atoms with E-state index in [0.717, 1.165) is 0 Å². The van der Waals surface area contributed by atoms with Crippen molar-refractivity contribution in [3.8, 4) is 0 Å². The first-order chi connectivity index (χ1) is 3.63. The summed E-state index contributed by atoms with van der Waals surface area (Å²) in [4.78, 5) is 9.57. The number of amides is 1. The maximum Gasteiger partial charge on any atom is 0.404 e. The molecule has 0 spiro atoms. The number of hydrogen-bond donors (Lipinski definition) is 4. The van der Waals surface area contributed by atoms with Crippen molar-refractivity contribution in [1.82, 2.24) is 5.32 Å². The smallest absolute Gasteiger partial charge is 0.404 e. The molecule has 0 aliphatic heterocycles. The van der Waals surface area contributed by atoms with Gasteiger partial charge in [-0.1, -0.05) is 0 Å². The van der Waals surface area contributed by atoms with Gasteiger partial charge in [-0.05, 0) is 0 Å². The van der Waals surface area contributed by atoms with Crippen molar-refractivity contribution in [2.75, 3.05) is 6.54 Å². The van der Waals surface area contributed by atoms with E-state index in [-0.39, 0.29) is 36.1 Å². The third kappa shape index (κ3) is 11.7. The van der Waals surface area contributed by atoms with Crippen molar-refractivity contribution in [2.45, 2.75) is 6.29 Å². The van der Waals surface area contributed by atoms with E-state index < -0.39 is 12.4 Å². The SMILES string of the molecule is O=C(O)NCC(O)O.[Na]. The fourth-order valence-corrected chi connectivity index (χ4v) is 0.179. The van der Waals surface area contributed by atoms with Crippen molar-refractivity contribution < 1.29 is 20.1 Å². The van der Waals surface area contributed by atoms with Gasteiger partial charge in [0.15, 0.2) is 6.29 Å². The maximum atomic E-state index is 9.57. The van der Waals surface area contributed by atoms with Gasteiger partial charge in [0.2, 0.25) is 0 Å². The minimum Gasteiger partial charge on any atom is -0.465 e. The van der Waals surface area contributed by atoms with Gasteiger partial charge in [-0.15, -0.1) is 0 Å². The van der Waals surface area contributed by atoms with Crippen LogP contribution in [0.15, 0.2) is 0 Å². The second-order valence-corrected chi connectivity index (χ2v) is 1.17. The Labute approximate surface area is 74.0 Å². The minimum atomic E-state index is -1.61. The van der Waals surface area contributed by atoms with E-state index in [0.29, 0.717) is 0 Å². The molecule has 0 bridgehead atoms. The van der Waals surface area contributed by atoms with E-state index in [1.54, 1.807) is 5.32 Å². The zero-order valence-electron chi connectivity index (χ0n) is 5.03. The average Bonchev–Trinajstić information content (AvgIpc) is 1.61. The maximum absolute atomic E-state index is 9.57. The van der Waals surface area contributed by atoms with Gasteiger partial charge in [-0.2, -0.15) is 0 Å². The molecular weight excluding hydrogens is 137 g/mol. The number of rotatable bonds is 2. The van der Waals surface area contributed by atoms with Crippen LogP contribution in [0.5, 0.6) is 0 Å². The molecule has 0 aromatic rings. The van der Waals surface area contributed by atoms with Crippen molar-refractivity contribution in [2.24, 2.45) is 0 Å². The summed E-state index contributed by atoms with van der Waals surface area (Å²) in [6.45, 7) is -0.352. The van der Waals surface area contributed by atoms with Crippen LogP contribution in [-0.2, 0) is 0 Å². The number of aliphatic hydroxyl groups excluding tert-OH is 1. The Morgan fingerprint density at radius 3 is 2.11 bits per heavy atom. The van der Waals surface area contributed by atoms with E-state index in [1.165, 1.54) is 0 Å². The van der Waals surface area contributed by atoms with Gasteiger partial charge in [0, 0.05) is 29.6 Å². The first-order valence-electron chi connectivity index (χ1n) is 1.96. The summed E-state index contributed by atoms with van der Waals surface area (Å²) >= 11 is 0. The summed E-state index contributed by atoms with van der Waals surface area (Å²) in [5, 5.41) is 25.7. The number of carbonyl (C=O) groups is 1. The van der Waals surface area contributed by atoms with E-state index in [2.05, 4.69) is 0 Å². The van der Waals surface area contributed by atoms with Crippen LogP contribution in [0.25, 0.3) is 0 Å². The minimum absolute atomic E-state index is 0. The summed E-state index contributed by atoms with van der Waals surface area (Å²) < 4.78 is 0. The van der Waals surface area contributed by atoms with Gasteiger partial charge in [0.25, 0.3) is 0 Å².